The number of hydrogen-bond acceptors (Lipinski definition) is 3. The van der Waals surface area contributed by atoms with Crippen LogP contribution in [0.2, 0.25) is 0 Å². The zero-order valence-corrected chi connectivity index (χ0v) is 11.0. The Morgan fingerprint density at radius 2 is 1.53 bits per heavy atom. The summed E-state index contributed by atoms with van der Waals surface area (Å²) in [6.07, 6.45) is 1.81. The maximum Gasteiger partial charge on any atom is 0.308 e. The smallest absolute Gasteiger partial charge is 0.308 e. The third-order valence-corrected chi connectivity index (χ3v) is 2.64. The summed E-state index contributed by atoms with van der Waals surface area (Å²) in [6, 6.07) is 15.6. The topological polar surface area (TPSA) is 38.7 Å². The van der Waals surface area contributed by atoms with Gasteiger partial charge < -0.3 is 4.74 Å². The van der Waals surface area contributed by atoms with Gasteiger partial charge in [-0.1, -0.05) is 36.4 Å². The SMILES string of the molecule is CN=Cc1ccc(-c2ccc(OC(C)=O)cc2)cc1. The van der Waals surface area contributed by atoms with Crippen molar-refractivity contribution >= 4 is 12.2 Å². The minimum absolute atomic E-state index is 0.309. The molecule has 0 saturated heterocycles. The summed E-state index contributed by atoms with van der Waals surface area (Å²) in [7, 11) is 1.75. The molecule has 0 aliphatic rings. The lowest BCUT2D eigenvalue weighted by atomic mass is 10.0. The van der Waals surface area contributed by atoms with Crippen molar-refractivity contribution in [3.05, 3.63) is 54.1 Å². The van der Waals surface area contributed by atoms with Crippen molar-refractivity contribution in [2.75, 3.05) is 7.05 Å². The summed E-state index contributed by atoms with van der Waals surface area (Å²) in [5.41, 5.74) is 3.27. The van der Waals surface area contributed by atoms with Crippen molar-refractivity contribution in [1.82, 2.24) is 0 Å². The number of esters is 1. The fourth-order valence-electron chi connectivity index (χ4n) is 1.79. The maximum atomic E-state index is 10.8. The maximum absolute atomic E-state index is 10.8. The van der Waals surface area contributed by atoms with Crippen molar-refractivity contribution in [2.24, 2.45) is 4.99 Å². The van der Waals surface area contributed by atoms with Crippen LogP contribution in [0.25, 0.3) is 11.1 Å². The molecule has 0 saturated carbocycles. The van der Waals surface area contributed by atoms with E-state index in [1.165, 1.54) is 6.92 Å². The molecular weight excluding hydrogens is 238 g/mol. The van der Waals surface area contributed by atoms with Crippen LogP contribution in [0, 0.1) is 0 Å². The van der Waals surface area contributed by atoms with Crippen LogP contribution < -0.4 is 4.74 Å². The van der Waals surface area contributed by atoms with E-state index in [4.69, 9.17) is 4.74 Å². The summed E-state index contributed by atoms with van der Waals surface area (Å²) >= 11 is 0. The summed E-state index contributed by atoms with van der Waals surface area (Å²) in [5, 5.41) is 0. The number of ether oxygens (including phenoxy) is 1. The van der Waals surface area contributed by atoms with E-state index in [9.17, 15) is 4.79 Å². The van der Waals surface area contributed by atoms with E-state index >= 15 is 0 Å². The summed E-state index contributed by atoms with van der Waals surface area (Å²) in [6.45, 7) is 1.39. The first-order valence-electron chi connectivity index (χ1n) is 6.00. The predicted molar refractivity (Wildman–Crippen MR) is 76.7 cm³/mol. The Morgan fingerprint density at radius 1 is 1.00 bits per heavy atom. The number of carbonyl (C=O) groups is 1. The van der Waals surface area contributed by atoms with Crippen LogP contribution in [0.1, 0.15) is 12.5 Å². The number of rotatable bonds is 3. The number of hydrogen-bond donors (Lipinski definition) is 0. The lowest BCUT2D eigenvalue weighted by Crippen LogP contribution is -2.00. The minimum atomic E-state index is -0.309. The highest BCUT2D eigenvalue weighted by molar-refractivity contribution is 5.81. The molecule has 0 N–H and O–H groups in total. The second kappa shape index (κ2) is 5.96. The Labute approximate surface area is 112 Å². The van der Waals surface area contributed by atoms with E-state index in [1.807, 2.05) is 42.6 Å². The van der Waals surface area contributed by atoms with Crippen molar-refractivity contribution in [2.45, 2.75) is 6.92 Å². The molecule has 0 amide bonds. The van der Waals surface area contributed by atoms with Gasteiger partial charge in [0.2, 0.25) is 0 Å². The zero-order valence-electron chi connectivity index (χ0n) is 11.0. The second-order valence-corrected chi connectivity index (χ2v) is 4.13. The Hall–Kier alpha value is -2.42. The average molecular weight is 253 g/mol. The molecule has 2 aromatic rings. The molecule has 0 aliphatic carbocycles. The van der Waals surface area contributed by atoms with Gasteiger partial charge in [-0.3, -0.25) is 9.79 Å². The Morgan fingerprint density at radius 3 is 2.00 bits per heavy atom. The highest BCUT2D eigenvalue weighted by Gasteiger charge is 2.00. The Balaban J connectivity index is 2.19. The third kappa shape index (κ3) is 3.52. The first-order valence-corrected chi connectivity index (χ1v) is 6.00. The molecule has 0 aliphatic heterocycles. The average Bonchev–Trinajstić information content (AvgIpc) is 2.40. The quantitative estimate of drug-likeness (QED) is 0.478. The molecule has 0 fully saturated rings. The highest BCUT2D eigenvalue weighted by Crippen LogP contribution is 2.22. The molecule has 0 heterocycles. The van der Waals surface area contributed by atoms with E-state index in [-0.39, 0.29) is 5.97 Å². The first kappa shape index (κ1) is 13.0. The van der Waals surface area contributed by atoms with Crippen molar-refractivity contribution in [3.63, 3.8) is 0 Å². The van der Waals surface area contributed by atoms with Gasteiger partial charge in [0.15, 0.2) is 0 Å². The summed E-state index contributed by atoms with van der Waals surface area (Å²) in [4.78, 5) is 14.8. The molecule has 96 valence electrons. The molecule has 0 bridgehead atoms. The van der Waals surface area contributed by atoms with E-state index in [2.05, 4.69) is 4.99 Å². The molecule has 2 rings (SSSR count). The van der Waals surface area contributed by atoms with E-state index in [0.717, 1.165) is 16.7 Å². The van der Waals surface area contributed by atoms with Gasteiger partial charge in [0.05, 0.1) is 0 Å². The van der Waals surface area contributed by atoms with Gasteiger partial charge in [0.1, 0.15) is 5.75 Å². The van der Waals surface area contributed by atoms with E-state index < -0.39 is 0 Å². The van der Waals surface area contributed by atoms with Crippen LogP contribution in [0.5, 0.6) is 5.75 Å². The molecule has 19 heavy (non-hydrogen) atoms. The van der Waals surface area contributed by atoms with Gasteiger partial charge >= 0.3 is 5.97 Å². The Kier molecular flexibility index (Phi) is 4.08. The third-order valence-electron chi connectivity index (χ3n) is 2.64. The molecular formula is C16H15NO2. The number of carbonyl (C=O) groups excluding carboxylic acids is 1. The van der Waals surface area contributed by atoms with Gasteiger partial charge in [0, 0.05) is 20.2 Å². The van der Waals surface area contributed by atoms with Crippen LogP contribution in [-0.4, -0.2) is 19.2 Å². The van der Waals surface area contributed by atoms with E-state index in [1.54, 1.807) is 19.2 Å². The van der Waals surface area contributed by atoms with Crippen molar-refractivity contribution in [1.29, 1.82) is 0 Å². The molecule has 0 unspecified atom stereocenters. The fourth-order valence-corrected chi connectivity index (χ4v) is 1.79. The monoisotopic (exact) mass is 253 g/mol. The van der Waals surface area contributed by atoms with E-state index in [0.29, 0.717) is 5.75 Å². The molecule has 2 aromatic carbocycles. The zero-order chi connectivity index (χ0) is 13.7. The summed E-state index contributed by atoms with van der Waals surface area (Å²) in [5.74, 6) is 0.252. The van der Waals surface area contributed by atoms with Gasteiger partial charge in [0.25, 0.3) is 0 Å². The minimum Gasteiger partial charge on any atom is -0.427 e. The largest absolute Gasteiger partial charge is 0.427 e. The van der Waals surface area contributed by atoms with Crippen LogP contribution in [-0.2, 0) is 4.79 Å². The molecule has 0 aromatic heterocycles. The number of nitrogens with zero attached hydrogens (tertiary/aromatic N) is 1. The molecule has 0 atom stereocenters. The standard InChI is InChI=1S/C16H15NO2/c1-12(18)19-16-9-7-15(8-10-16)14-5-3-13(4-6-14)11-17-2/h3-11H,1-2H3. The Bertz CT molecular complexity index is 583. The normalized spacial score (nSPS) is 10.6. The van der Waals surface area contributed by atoms with Gasteiger partial charge in [-0.25, -0.2) is 0 Å². The van der Waals surface area contributed by atoms with Gasteiger partial charge in [-0.2, -0.15) is 0 Å². The number of benzene rings is 2. The lowest BCUT2D eigenvalue weighted by molar-refractivity contribution is -0.131. The van der Waals surface area contributed by atoms with Crippen LogP contribution >= 0.6 is 0 Å². The first-order chi connectivity index (χ1) is 9.19. The lowest BCUT2D eigenvalue weighted by Gasteiger charge is -2.04. The fraction of sp³-hybridized carbons (Fsp3) is 0.125. The van der Waals surface area contributed by atoms with Gasteiger partial charge in [-0.05, 0) is 28.8 Å². The molecule has 0 spiro atoms. The summed E-state index contributed by atoms with van der Waals surface area (Å²) < 4.78 is 5.00. The van der Waals surface area contributed by atoms with Crippen LogP contribution in [0.15, 0.2) is 53.5 Å². The van der Waals surface area contributed by atoms with Gasteiger partial charge in [-0.15, -0.1) is 0 Å². The highest BCUT2D eigenvalue weighted by atomic mass is 16.5. The van der Waals surface area contributed by atoms with Crippen molar-refractivity contribution in [3.8, 4) is 16.9 Å². The second-order valence-electron chi connectivity index (χ2n) is 4.13. The molecule has 3 nitrogen and oxygen atoms in total. The number of aliphatic imine (C=N–C) groups is 1. The molecule has 3 heteroatoms. The van der Waals surface area contributed by atoms with Crippen LogP contribution in [0.4, 0.5) is 0 Å². The van der Waals surface area contributed by atoms with Crippen LogP contribution in [0.3, 0.4) is 0 Å². The predicted octanol–water partition coefficient (Wildman–Crippen LogP) is 3.33. The van der Waals surface area contributed by atoms with Crippen molar-refractivity contribution < 1.29 is 9.53 Å². The molecule has 0 radical (unpaired) electrons.